The molecule has 2 aromatic rings. The van der Waals surface area contributed by atoms with Crippen LogP contribution < -0.4 is 4.90 Å². The molecule has 1 aliphatic heterocycles. The van der Waals surface area contributed by atoms with E-state index < -0.39 is 0 Å². The van der Waals surface area contributed by atoms with Crippen molar-refractivity contribution in [3.05, 3.63) is 35.9 Å². The summed E-state index contributed by atoms with van der Waals surface area (Å²) in [6.07, 6.45) is 0. The number of benzene rings is 2. The minimum Gasteiger partial charge on any atom is -0.507 e. The molecule has 2 aromatic carbocycles. The number of halogens is 1. The van der Waals surface area contributed by atoms with Crippen molar-refractivity contribution in [2.24, 2.45) is 0 Å². The third-order valence-corrected chi connectivity index (χ3v) is 4.65. The van der Waals surface area contributed by atoms with Gasteiger partial charge in [-0.1, -0.05) is 24.3 Å². The average molecular weight is 276 g/mol. The van der Waals surface area contributed by atoms with E-state index >= 15 is 0 Å². The first-order valence-corrected chi connectivity index (χ1v) is 7.07. The van der Waals surface area contributed by atoms with Gasteiger partial charge in [0.25, 0.3) is 0 Å². The van der Waals surface area contributed by atoms with Crippen molar-refractivity contribution in [1.29, 1.82) is 0 Å². The summed E-state index contributed by atoms with van der Waals surface area (Å²) < 4.78 is 0. The van der Waals surface area contributed by atoms with E-state index in [1.165, 1.54) is 5.56 Å². The first kappa shape index (κ1) is 12.6. The van der Waals surface area contributed by atoms with E-state index in [1.54, 1.807) is 0 Å². The lowest BCUT2D eigenvalue weighted by molar-refractivity contribution is 0.481. The van der Waals surface area contributed by atoms with Gasteiger partial charge in [-0.2, -0.15) is 0 Å². The Morgan fingerprint density at radius 3 is 2.53 bits per heavy atom. The Morgan fingerprint density at radius 2 is 1.89 bits per heavy atom. The first-order chi connectivity index (χ1) is 9.02. The lowest BCUT2D eigenvalue weighted by Crippen LogP contribution is -2.30. The number of aromatic hydroxyl groups is 1. The molecule has 1 N–H and O–H groups in total. The van der Waals surface area contributed by atoms with Crippen molar-refractivity contribution in [2.45, 2.75) is 31.2 Å². The summed E-state index contributed by atoms with van der Waals surface area (Å²) in [5.41, 5.74) is 2.37. The van der Waals surface area contributed by atoms with Crippen LogP contribution in [0.3, 0.4) is 0 Å². The maximum absolute atomic E-state index is 10.2. The molecule has 3 heteroatoms. The summed E-state index contributed by atoms with van der Waals surface area (Å²) in [4.78, 5) is 2.21. The highest BCUT2D eigenvalue weighted by atomic mass is 35.5. The highest BCUT2D eigenvalue weighted by molar-refractivity contribution is 6.21. The van der Waals surface area contributed by atoms with Crippen LogP contribution in [0.5, 0.6) is 5.75 Å². The van der Waals surface area contributed by atoms with Gasteiger partial charge >= 0.3 is 0 Å². The lowest BCUT2D eigenvalue weighted by Gasteiger charge is -2.24. The second-order valence-electron chi connectivity index (χ2n) is 5.43. The second kappa shape index (κ2) is 4.31. The van der Waals surface area contributed by atoms with E-state index in [-0.39, 0.29) is 11.3 Å². The van der Waals surface area contributed by atoms with Crippen molar-refractivity contribution in [1.82, 2.24) is 0 Å². The molecule has 1 heterocycles. The molecular weight excluding hydrogens is 258 g/mol. The van der Waals surface area contributed by atoms with E-state index in [4.69, 9.17) is 11.6 Å². The molecule has 0 amide bonds. The zero-order valence-corrected chi connectivity index (χ0v) is 12.1. The fraction of sp³-hybridized carbons (Fsp3) is 0.375. The van der Waals surface area contributed by atoms with E-state index in [9.17, 15) is 5.11 Å². The molecule has 0 radical (unpaired) electrons. The smallest absolute Gasteiger partial charge is 0.125 e. The van der Waals surface area contributed by atoms with Crippen LogP contribution in [0.1, 0.15) is 25.3 Å². The van der Waals surface area contributed by atoms with Crippen molar-refractivity contribution in [3.8, 4) is 5.75 Å². The summed E-state index contributed by atoms with van der Waals surface area (Å²) in [5, 5.41) is 12.3. The Morgan fingerprint density at radius 1 is 1.26 bits per heavy atom. The predicted molar refractivity (Wildman–Crippen MR) is 81.5 cm³/mol. The van der Waals surface area contributed by atoms with Crippen LogP contribution in [0.25, 0.3) is 10.8 Å². The molecule has 19 heavy (non-hydrogen) atoms. The normalized spacial score (nSPS) is 23.7. The number of fused-ring (bicyclic) bond motifs is 3. The molecule has 0 fully saturated rings. The summed E-state index contributed by atoms with van der Waals surface area (Å²) >= 11 is 6.42. The van der Waals surface area contributed by atoms with Crippen LogP contribution in [-0.4, -0.2) is 23.6 Å². The summed E-state index contributed by atoms with van der Waals surface area (Å²) in [6.45, 7) is 4.24. The zero-order chi connectivity index (χ0) is 13.7. The Bertz CT molecular complexity index is 638. The molecular formula is C16H18ClNO. The zero-order valence-electron chi connectivity index (χ0n) is 11.4. The molecule has 100 valence electrons. The highest BCUT2D eigenvalue weighted by Crippen LogP contribution is 2.49. The number of alkyl halides is 1. The SMILES string of the molecule is C[C@@H]1[C@@H]([C@@H](C)Cl)c2c(cc(O)c3ccccc23)N1C. The Hall–Kier alpha value is -1.41. The van der Waals surface area contributed by atoms with Crippen LogP contribution in [0, 0.1) is 0 Å². The van der Waals surface area contributed by atoms with E-state index in [0.717, 1.165) is 16.5 Å². The maximum atomic E-state index is 10.2. The Balaban J connectivity index is 2.37. The number of rotatable bonds is 1. The van der Waals surface area contributed by atoms with E-state index in [1.807, 2.05) is 31.2 Å². The quantitative estimate of drug-likeness (QED) is 0.792. The minimum atomic E-state index is 0.0617. The number of hydrogen-bond donors (Lipinski definition) is 1. The molecule has 0 bridgehead atoms. The van der Waals surface area contributed by atoms with Crippen LogP contribution in [0.15, 0.2) is 30.3 Å². The van der Waals surface area contributed by atoms with Crippen molar-refractivity contribution in [2.75, 3.05) is 11.9 Å². The van der Waals surface area contributed by atoms with Crippen LogP contribution in [0.2, 0.25) is 0 Å². The van der Waals surface area contributed by atoms with Crippen LogP contribution in [-0.2, 0) is 0 Å². The largest absolute Gasteiger partial charge is 0.507 e. The van der Waals surface area contributed by atoms with Gasteiger partial charge in [-0.3, -0.25) is 0 Å². The molecule has 0 spiro atoms. The third kappa shape index (κ3) is 1.70. The number of anilines is 1. The van der Waals surface area contributed by atoms with Gasteiger partial charge in [0.1, 0.15) is 5.75 Å². The molecule has 0 saturated heterocycles. The van der Waals surface area contributed by atoms with Crippen molar-refractivity contribution >= 4 is 28.1 Å². The number of phenols is 1. The van der Waals surface area contributed by atoms with Gasteiger partial charge < -0.3 is 10.0 Å². The molecule has 0 aliphatic carbocycles. The van der Waals surface area contributed by atoms with Gasteiger partial charge in [0, 0.05) is 41.5 Å². The average Bonchev–Trinajstić information content (AvgIpc) is 2.64. The number of likely N-dealkylation sites (N-methyl/N-ethyl adjacent to an activating group) is 1. The number of nitrogens with zero attached hydrogens (tertiary/aromatic N) is 1. The van der Waals surface area contributed by atoms with Crippen LogP contribution in [0.4, 0.5) is 5.69 Å². The Labute approximate surface area is 118 Å². The molecule has 3 rings (SSSR count). The van der Waals surface area contributed by atoms with Gasteiger partial charge in [0.05, 0.1) is 0 Å². The molecule has 1 aliphatic rings. The molecule has 0 unspecified atom stereocenters. The van der Waals surface area contributed by atoms with Crippen LogP contribution >= 0.6 is 11.6 Å². The third-order valence-electron chi connectivity index (χ3n) is 4.38. The van der Waals surface area contributed by atoms with Gasteiger partial charge in [0.15, 0.2) is 0 Å². The van der Waals surface area contributed by atoms with Gasteiger partial charge in [-0.15, -0.1) is 11.6 Å². The fourth-order valence-electron chi connectivity index (χ4n) is 3.32. The fourth-order valence-corrected chi connectivity index (χ4v) is 3.66. The lowest BCUT2D eigenvalue weighted by atomic mass is 9.89. The highest BCUT2D eigenvalue weighted by Gasteiger charge is 2.38. The maximum Gasteiger partial charge on any atom is 0.125 e. The summed E-state index contributed by atoms with van der Waals surface area (Å²) in [6, 6.07) is 10.2. The summed E-state index contributed by atoms with van der Waals surface area (Å²) in [7, 11) is 2.07. The van der Waals surface area contributed by atoms with E-state index in [0.29, 0.717) is 11.8 Å². The summed E-state index contributed by atoms with van der Waals surface area (Å²) in [5.74, 6) is 0.628. The monoisotopic (exact) mass is 275 g/mol. The first-order valence-electron chi connectivity index (χ1n) is 6.64. The molecule has 0 aromatic heterocycles. The number of hydrogen-bond acceptors (Lipinski definition) is 2. The Kier molecular flexibility index (Phi) is 2.86. The van der Waals surface area contributed by atoms with Crippen molar-refractivity contribution < 1.29 is 5.11 Å². The second-order valence-corrected chi connectivity index (χ2v) is 6.12. The van der Waals surface area contributed by atoms with Gasteiger partial charge in [-0.25, -0.2) is 0 Å². The molecule has 3 atom stereocenters. The predicted octanol–water partition coefficient (Wildman–Crippen LogP) is 4.09. The topological polar surface area (TPSA) is 23.5 Å². The van der Waals surface area contributed by atoms with E-state index in [2.05, 4.69) is 24.9 Å². The van der Waals surface area contributed by atoms with Gasteiger partial charge in [0.2, 0.25) is 0 Å². The number of phenolic OH excluding ortho intramolecular Hbond substituents is 1. The minimum absolute atomic E-state index is 0.0617. The molecule has 2 nitrogen and oxygen atoms in total. The van der Waals surface area contributed by atoms with Gasteiger partial charge in [-0.05, 0) is 24.8 Å². The van der Waals surface area contributed by atoms with Crippen molar-refractivity contribution in [3.63, 3.8) is 0 Å². The standard InChI is InChI=1S/C16H18ClNO/c1-9(17)15-10(2)18(3)13-8-14(19)11-6-4-5-7-12(11)16(13)15/h4-10,15,19H,1-3H3/t9-,10-,15-/m1/s1. The molecule has 0 saturated carbocycles.